The molecule has 2 saturated heterocycles. The van der Waals surface area contributed by atoms with E-state index in [1.807, 2.05) is 6.08 Å². The summed E-state index contributed by atoms with van der Waals surface area (Å²) in [6.07, 6.45) is 4.64. The second kappa shape index (κ2) is 3.19. The third kappa shape index (κ3) is 1.41. The fourth-order valence-electron chi connectivity index (χ4n) is 2.07. The van der Waals surface area contributed by atoms with Gasteiger partial charge in [0.1, 0.15) is 0 Å². The van der Waals surface area contributed by atoms with Crippen molar-refractivity contribution >= 4 is 0 Å². The Morgan fingerprint density at radius 1 is 1.33 bits per heavy atom. The molecule has 2 fully saturated rings. The van der Waals surface area contributed by atoms with Gasteiger partial charge in [-0.1, -0.05) is 6.08 Å². The zero-order chi connectivity index (χ0) is 8.44. The minimum Gasteiger partial charge on any atom is -0.380 e. The van der Waals surface area contributed by atoms with Crippen LogP contribution in [0.1, 0.15) is 12.8 Å². The maximum Gasteiger partial charge on any atom is 0.0545 e. The second-order valence-corrected chi connectivity index (χ2v) is 4.08. The summed E-state index contributed by atoms with van der Waals surface area (Å²) in [6, 6.07) is 0. The summed E-state index contributed by atoms with van der Waals surface area (Å²) < 4.78 is 5.27. The van der Waals surface area contributed by atoms with Crippen molar-refractivity contribution in [2.24, 2.45) is 5.41 Å². The molecule has 0 unspecified atom stereocenters. The zero-order valence-corrected chi connectivity index (χ0v) is 7.59. The lowest BCUT2D eigenvalue weighted by Crippen LogP contribution is -2.50. The highest BCUT2D eigenvalue weighted by Crippen LogP contribution is 2.38. The van der Waals surface area contributed by atoms with Crippen LogP contribution in [-0.2, 0) is 4.74 Å². The Kier molecular flexibility index (Phi) is 2.20. The van der Waals surface area contributed by atoms with Gasteiger partial charge < -0.3 is 4.74 Å². The van der Waals surface area contributed by atoms with Crippen LogP contribution in [0, 0.1) is 5.41 Å². The molecule has 2 rings (SSSR count). The first-order valence-corrected chi connectivity index (χ1v) is 4.76. The predicted octanol–water partition coefficient (Wildman–Crippen LogP) is 1.28. The molecule has 2 heteroatoms. The Hall–Kier alpha value is -0.340. The van der Waals surface area contributed by atoms with E-state index in [1.165, 1.54) is 25.9 Å². The third-order valence-electron chi connectivity index (χ3n) is 3.12. The van der Waals surface area contributed by atoms with Gasteiger partial charge in [-0.2, -0.15) is 0 Å². The molecule has 2 nitrogen and oxygen atoms in total. The summed E-state index contributed by atoms with van der Waals surface area (Å²) in [5.74, 6) is 0. The van der Waals surface area contributed by atoms with Crippen molar-refractivity contribution < 1.29 is 4.74 Å². The monoisotopic (exact) mass is 167 g/mol. The van der Waals surface area contributed by atoms with E-state index in [0.29, 0.717) is 5.41 Å². The predicted molar refractivity (Wildman–Crippen MR) is 49.1 cm³/mol. The molecule has 0 amide bonds. The van der Waals surface area contributed by atoms with Gasteiger partial charge in [-0.05, 0) is 25.9 Å². The van der Waals surface area contributed by atoms with E-state index in [9.17, 15) is 0 Å². The highest BCUT2D eigenvalue weighted by Gasteiger charge is 2.40. The maximum absolute atomic E-state index is 5.27. The van der Waals surface area contributed by atoms with Gasteiger partial charge in [0.05, 0.1) is 13.2 Å². The van der Waals surface area contributed by atoms with Crippen LogP contribution in [0.4, 0.5) is 0 Å². The largest absolute Gasteiger partial charge is 0.380 e. The van der Waals surface area contributed by atoms with E-state index in [1.54, 1.807) is 0 Å². The fraction of sp³-hybridized carbons (Fsp3) is 0.800. The molecule has 68 valence electrons. The van der Waals surface area contributed by atoms with Crippen LogP contribution < -0.4 is 0 Å². The molecule has 1 spiro atoms. The number of hydrogen-bond donors (Lipinski definition) is 0. The van der Waals surface area contributed by atoms with Gasteiger partial charge in [-0.3, -0.25) is 4.90 Å². The average molecular weight is 167 g/mol. The third-order valence-corrected chi connectivity index (χ3v) is 3.12. The van der Waals surface area contributed by atoms with Crippen molar-refractivity contribution in [2.45, 2.75) is 12.8 Å². The topological polar surface area (TPSA) is 12.5 Å². The van der Waals surface area contributed by atoms with Gasteiger partial charge in [-0.25, -0.2) is 0 Å². The smallest absolute Gasteiger partial charge is 0.0545 e. The first kappa shape index (κ1) is 8.27. The van der Waals surface area contributed by atoms with Crippen molar-refractivity contribution in [3.8, 4) is 0 Å². The molecule has 0 aliphatic carbocycles. The number of hydrogen-bond acceptors (Lipinski definition) is 2. The van der Waals surface area contributed by atoms with Crippen LogP contribution in [0.3, 0.4) is 0 Å². The Morgan fingerprint density at radius 2 is 2.00 bits per heavy atom. The van der Waals surface area contributed by atoms with E-state index in [-0.39, 0.29) is 0 Å². The second-order valence-electron chi connectivity index (χ2n) is 4.08. The SMILES string of the molecule is C=CCN1CCC2(CC1)COC2. The van der Waals surface area contributed by atoms with Gasteiger partial charge in [-0.15, -0.1) is 6.58 Å². The van der Waals surface area contributed by atoms with Crippen LogP contribution in [0.2, 0.25) is 0 Å². The lowest BCUT2D eigenvalue weighted by molar-refractivity contribution is -0.138. The fourth-order valence-corrected chi connectivity index (χ4v) is 2.07. The van der Waals surface area contributed by atoms with E-state index in [0.717, 1.165) is 19.8 Å². The molecule has 0 aromatic carbocycles. The molecular weight excluding hydrogens is 150 g/mol. The molecule has 0 N–H and O–H groups in total. The molecule has 12 heavy (non-hydrogen) atoms. The number of likely N-dealkylation sites (tertiary alicyclic amines) is 1. The Balaban J connectivity index is 1.80. The molecule has 0 radical (unpaired) electrons. The van der Waals surface area contributed by atoms with Crippen molar-refractivity contribution in [1.82, 2.24) is 4.90 Å². The molecule has 0 atom stereocenters. The maximum atomic E-state index is 5.27. The zero-order valence-electron chi connectivity index (χ0n) is 7.59. The summed E-state index contributed by atoms with van der Waals surface area (Å²) in [6.45, 7) is 9.29. The van der Waals surface area contributed by atoms with Crippen LogP contribution >= 0.6 is 0 Å². The van der Waals surface area contributed by atoms with Crippen molar-refractivity contribution in [3.63, 3.8) is 0 Å². The highest BCUT2D eigenvalue weighted by molar-refractivity contribution is 4.91. The van der Waals surface area contributed by atoms with E-state index in [4.69, 9.17) is 4.74 Å². The van der Waals surface area contributed by atoms with Gasteiger partial charge in [0.15, 0.2) is 0 Å². The average Bonchev–Trinajstić information content (AvgIpc) is 2.04. The van der Waals surface area contributed by atoms with Gasteiger partial charge >= 0.3 is 0 Å². The first-order chi connectivity index (χ1) is 5.85. The summed E-state index contributed by atoms with van der Waals surface area (Å²) in [5, 5.41) is 0. The number of nitrogens with zero attached hydrogens (tertiary/aromatic N) is 1. The van der Waals surface area contributed by atoms with Gasteiger partial charge in [0.25, 0.3) is 0 Å². The minimum absolute atomic E-state index is 0.581. The summed E-state index contributed by atoms with van der Waals surface area (Å²) in [5.41, 5.74) is 0.581. The quantitative estimate of drug-likeness (QED) is 0.574. The van der Waals surface area contributed by atoms with Crippen LogP contribution in [0.25, 0.3) is 0 Å². The molecule has 2 aliphatic heterocycles. The van der Waals surface area contributed by atoms with E-state index < -0.39 is 0 Å². The summed E-state index contributed by atoms with van der Waals surface area (Å²) in [4.78, 5) is 2.47. The first-order valence-electron chi connectivity index (χ1n) is 4.76. The summed E-state index contributed by atoms with van der Waals surface area (Å²) in [7, 11) is 0. The Morgan fingerprint density at radius 3 is 2.42 bits per heavy atom. The molecular formula is C10H17NO. The van der Waals surface area contributed by atoms with E-state index >= 15 is 0 Å². The van der Waals surface area contributed by atoms with Crippen LogP contribution in [0.15, 0.2) is 12.7 Å². The molecule has 0 aromatic heterocycles. The lowest BCUT2D eigenvalue weighted by atomic mass is 9.77. The normalized spacial score (nSPS) is 28.3. The molecule has 0 saturated carbocycles. The van der Waals surface area contributed by atoms with Crippen molar-refractivity contribution in [1.29, 1.82) is 0 Å². The van der Waals surface area contributed by atoms with E-state index in [2.05, 4.69) is 11.5 Å². The molecule has 2 aliphatic rings. The molecule has 2 heterocycles. The van der Waals surface area contributed by atoms with Crippen molar-refractivity contribution in [3.05, 3.63) is 12.7 Å². The minimum atomic E-state index is 0.581. The molecule has 0 aromatic rings. The summed E-state index contributed by atoms with van der Waals surface area (Å²) >= 11 is 0. The standard InChI is InChI=1S/C10H17NO/c1-2-5-11-6-3-10(4-7-11)8-12-9-10/h2H,1,3-9H2. The Bertz CT molecular complexity index is 165. The lowest BCUT2D eigenvalue weighted by Gasteiger charge is -2.47. The van der Waals surface area contributed by atoms with Crippen LogP contribution in [-0.4, -0.2) is 37.7 Å². The van der Waals surface area contributed by atoms with Crippen molar-refractivity contribution in [2.75, 3.05) is 32.8 Å². The number of ether oxygens (including phenoxy) is 1. The highest BCUT2D eigenvalue weighted by atomic mass is 16.5. The number of piperidine rings is 1. The van der Waals surface area contributed by atoms with Crippen LogP contribution in [0.5, 0.6) is 0 Å². The molecule has 0 bridgehead atoms. The Labute approximate surface area is 74.2 Å². The van der Waals surface area contributed by atoms with Gasteiger partial charge in [0.2, 0.25) is 0 Å². The number of rotatable bonds is 2. The van der Waals surface area contributed by atoms with Gasteiger partial charge in [0, 0.05) is 12.0 Å².